The van der Waals surface area contributed by atoms with E-state index >= 15 is 0 Å². The van der Waals surface area contributed by atoms with Gasteiger partial charge in [-0.2, -0.15) is 0 Å². The van der Waals surface area contributed by atoms with Crippen LogP contribution < -0.4 is 4.74 Å². The molecule has 0 N–H and O–H groups in total. The van der Waals surface area contributed by atoms with Crippen molar-refractivity contribution in [2.45, 2.75) is 52.2 Å². The Kier molecular flexibility index (Phi) is 7.14. The Morgan fingerprint density at radius 3 is 2.31 bits per heavy atom. The predicted molar refractivity (Wildman–Crippen MR) is 156 cm³/mol. The van der Waals surface area contributed by atoms with Crippen molar-refractivity contribution < 1.29 is 4.74 Å². The van der Waals surface area contributed by atoms with Gasteiger partial charge in [-0.1, -0.05) is 86.2 Å². The maximum atomic E-state index is 6.29. The molecule has 0 radical (unpaired) electrons. The quantitative estimate of drug-likeness (QED) is 0.340. The van der Waals surface area contributed by atoms with Crippen molar-refractivity contribution in [1.82, 2.24) is 0 Å². The molecular formula is C34H35BO. The third-order valence-corrected chi connectivity index (χ3v) is 7.73. The third-order valence-electron chi connectivity index (χ3n) is 7.73. The van der Waals surface area contributed by atoms with Crippen LogP contribution in [0.15, 0.2) is 103 Å². The maximum absolute atomic E-state index is 6.29. The SMILES string of the molecule is C=C1/C=C(/c2ccccc2C)CCc2c(CC3=CCC(BC)C(c4ccccc4C)=C3)cccc2O1. The average molecular weight is 470 g/mol. The number of hydrogen-bond donors (Lipinski definition) is 0. The van der Waals surface area contributed by atoms with Gasteiger partial charge in [-0.25, -0.2) is 0 Å². The van der Waals surface area contributed by atoms with Crippen LogP contribution in [0.4, 0.5) is 0 Å². The highest BCUT2D eigenvalue weighted by Gasteiger charge is 2.21. The summed E-state index contributed by atoms with van der Waals surface area (Å²) in [7, 11) is 1.16. The maximum Gasteiger partial charge on any atom is 0.130 e. The van der Waals surface area contributed by atoms with Crippen LogP contribution in [0.2, 0.25) is 12.6 Å². The summed E-state index contributed by atoms with van der Waals surface area (Å²) in [6, 6.07) is 23.9. The van der Waals surface area contributed by atoms with Gasteiger partial charge in [0.05, 0.1) is 0 Å². The van der Waals surface area contributed by atoms with E-state index in [1.807, 2.05) is 0 Å². The van der Waals surface area contributed by atoms with E-state index in [0.29, 0.717) is 11.6 Å². The summed E-state index contributed by atoms with van der Waals surface area (Å²) in [4.78, 5) is 0. The second kappa shape index (κ2) is 10.6. The lowest BCUT2D eigenvalue weighted by Crippen LogP contribution is -2.10. The van der Waals surface area contributed by atoms with Crippen LogP contribution >= 0.6 is 0 Å². The zero-order valence-corrected chi connectivity index (χ0v) is 21.8. The molecule has 1 heterocycles. The van der Waals surface area contributed by atoms with Crippen molar-refractivity contribution in [3.05, 3.63) is 136 Å². The summed E-state index contributed by atoms with van der Waals surface area (Å²) in [6.07, 6.45) is 11.0. The Balaban J connectivity index is 1.45. The summed E-state index contributed by atoms with van der Waals surface area (Å²) in [5.41, 5.74) is 12.2. The topological polar surface area (TPSA) is 9.23 Å². The highest BCUT2D eigenvalue weighted by molar-refractivity contribution is 6.39. The van der Waals surface area contributed by atoms with Gasteiger partial charge in [0.1, 0.15) is 18.8 Å². The van der Waals surface area contributed by atoms with Crippen LogP contribution in [0, 0.1) is 13.8 Å². The minimum atomic E-state index is 0.583. The van der Waals surface area contributed by atoms with Crippen LogP contribution in [0.1, 0.15) is 46.2 Å². The molecule has 0 saturated carbocycles. The molecule has 0 aromatic heterocycles. The van der Waals surface area contributed by atoms with Crippen LogP contribution in [0.3, 0.4) is 0 Å². The minimum Gasteiger partial charge on any atom is -0.458 e. The van der Waals surface area contributed by atoms with Crippen LogP contribution in [-0.4, -0.2) is 7.28 Å². The Labute approximate surface area is 217 Å². The van der Waals surface area contributed by atoms with E-state index in [2.05, 4.69) is 112 Å². The number of fused-ring (bicyclic) bond motifs is 1. The fourth-order valence-electron chi connectivity index (χ4n) is 5.72. The minimum absolute atomic E-state index is 0.583. The molecule has 2 aliphatic rings. The molecule has 1 aliphatic heterocycles. The molecule has 0 fully saturated rings. The first-order valence-electron chi connectivity index (χ1n) is 13.2. The Morgan fingerprint density at radius 2 is 1.58 bits per heavy atom. The van der Waals surface area contributed by atoms with Crippen LogP contribution in [0.5, 0.6) is 5.75 Å². The van der Waals surface area contributed by atoms with Gasteiger partial charge in [0.2, 0.25) is 0 Å². The molecular weight excluding hydrogens is 435 g/mol. The standard InChI is InChI=1S/C34H35BO/c1-23-10-5-7-13-29(23)28-17-18-31-27(12-9-15-34(31)36-25(3)20-28)21-26-16-19-33(35-4)32(22-26)30-14-8-6-11-24(30)2/h5-16,20,22,33,35H,3,17-19,21H2,1-2,4H3/b28-20+. The summed E-state index contributed by atoms with van der Waals surface area (Å²) in [5, 5.41) is 0. The van der Waals surface area contributed by atoms with Crippen molar-refractivity contribution in [3.8, 4) is 5.75 Å². The second-order valence-corrected chi connectivity index (χ2v) is 10.2. The molecule has 0 amide bonds. The molecule has 5 rings (SSSR count). The average Bonchev–Trinajstić information content (AvgIpc) is 2.87. The fraction of sp³-hybridized carbons (Fsp3) is 0.235. The van der Waals surface area contributed by atoms with E-state index in [4.69, 9.17) is 4.74 Å². The Morgan fingerprint density at radius 1 is 0.861 bits per heavy atom. The van der Waals surface area contributed by atoms with Crippen molar-refractivity contribution >= 4 is 18.4 Å². The first-order valence-corrected chi connectivity index (χ1v) is 13.2. The number of benzene rings is 3. The van der Waals surface area contributed by atoms with Gasteiger partial charge in [0, 0.05) is 0 Å². The molecule has 3 aromatic carbocycles. The van der Waals surface area contributed by atoms with Crippen molar-refractivity contribution in [2.75, 3.05) is 0 Å². The molecule has 0 spiro atoms. The van der Waals surface area contributed by atoms with Gasteiger partial charge in [-0.3, -0.25) is 0 Å². The smallest absolute Gasteiger partial charge is 0.130 e. The largest absolute Gasteiger partial charge is 0.458 e. The lowest BCUT2D eigenvalue weighted by molar-refractivity contribution is 0.438. The van der Waals surface area contributed by atoms with Crippen LogP contribution in [-0.2, 0) is 12.8 Å². The van der Waals surface area contributed by atoms with Gasteiger partial charge < -0.3 is 4.74 Å². The number of aryl methyl sites for hydroxylation is 2. The summed E-state index contributed by atoms with van der Waals surface area (Å²) in [5.74, 6) is 2.24. The highest BCUT2D eigenvalue weighted by atomic mass is 16.5. The van der Waals surface area contributed by atoms with Crippen molar-refractivity contribution in [1.29, 1.82) is 0 Å². The monoisotopic (exact) mass is 470 g/mol. The lowest BCUT2D eigenvalue weighted by atomic mass is 9.59. The number of hydrogen-bond acceptors (Lipinski definition) is 1. The molecule has 2 heteroatoms. The first kappa shape index (κ1) is 24.2. The summed E-state index contributed by atoms with van der Waals surface area (Å²) in [6.45, 7) is 10.9. The lowest BCUT2D eigenvalue weighted by Gasteiger charge is -2.25. The molecule has 0 saturated heterocycles. The van der Waals surface area contributed by atoms with E-state index < -0.39 is 0 Å². The molecule has 36 heavy (non-hydrogen) atoms. The van der Waals surface area contributed by atoms with E-state index in [1.54, 1.807) is 0 Å². The molecule has 3 aromatic rings. The number of allylic oxidation sites excluding steroid dienone is 6. The van der Waals surface area contributed by atoms with E-state index in [-0.39, 0.29) is 0 Å². The predicted octanol–water partition coefficient (Wildman–Crippen LogP) is 8.46. The van der Waals surface area contributed by atoms with Crippen LogP contribution in [0.25, 0.3) is 11.1 Å². The van der Waals surface area contributed by atoms with E-state index in [1.165, 1.54) is 50.1 Å². The molecule has 0 bridgehead atoms. The highest BCUT2D eigenvalue weighted by Crippen LogP contribution is 2.39. The van der Waals surface area contributed by atoms with Gasteiger partial charge in [0.25, 0.3) is 0 Å². The fourth-order valence-corrected chi connectivity index (χ4v) is 5.72. The third kappa shape index (κ3) is 5.04. The number of rotatable bonds is 5. The molecule has 180 valence electrons. The zero-order valence-electron chi connectivity index (χ0n) is 21.8. The van der Waals surface area contributed by atoms with Gasteiger partial charge in [-0.05, 0) is 108 Å². The zero-order chi connectivity index (χ0) is 25.1. The Bertz CT molecular complexity index is 1390. The normalized spacial score (nSPS) is 19.0. The molecule has 1 atom stereocenters. The summed E-state index contributed by atoms with van der Waals surface area (Å²) < 4.78 is 6.29. The van der Waals surface area contributed by atoms with E-state index in [0.717, 1.165) is 38.7 Å². The van der Waals surface area contributed by atoms with Gasteiger partial charge in [-0.15, -0.1) is 0 Å². The van der Waals surface area contributed by atoms with Crippen molar-refractivity contribution in [3.63, 3.8) is 0 Å². The second-order valence-electron chi connectivity index (χ2n) is 10.2. The van der Waals surface area contributed by atoms with Gasteiger partial charge >= 0.3 is 0 Å². The first-order chi connectivity index (χ1) is 17.5. The van der Waals surface area contributed by atoms with Crippen molar-refractivity contribution in [2.24, 2.45) is 0 Å². The Hall–Kier alpha value is -3.52. The molecule has 1 unspecified atom stereocenters. The molecule has 1 aliphatic carbocycles. The molecule has 1 nitrogen and oxygen atoms in total. The summed E-state index contributed by atoms with van der Waals surface area (Å²) >= 11 is 0. The number of ether oxygens (including phenoxy) is 1. The van der Waals surface area contributed by atoms with Gasteiger partial charge in [0.15, 0.2) is 0 Å². The van der Waals surface area contributed by atoms with E-state index in [9.17, 15) is 0 Å².